The quantitative estimate of drug-likeness (QED) is 0.844. The van der Waals surface area contributed by atoms with E-state index >= 15 is 0 Å². The van der Waals surface area contributed by atoms with Crippen LogP contribution in [-0.4, -0.2) is 12.0 Å². The van der Waals surface area contributed by atoms with Gasteiger partial charge in [0.25, 0.3) is 0 Å². The van der Waals surface area contributed by atoms with Gasteiger partial charge >= 0.3 is 0 Å². The summed E-state index contributed by atoms with van der Waals surface area (Å²) in [7, 11) is 0. The van der Waals surface area contributed by atoms with Crippen LogP contribution in [0, 0.1) is 0 Å². The van der Waals surface area contributed by atoms with Crippen LogP contribution in [0.5, 0.6) is 5.75 Å². The predicted molar refractivity (Wildman–Crippen MR) is 85.8 cm³/mol. The lowest BCUT2D eigenvalue weighted by molar-refractivity contribution is -0.121. The highest BCUT2D eigenvalue weighted by Crippen LogP contribution is 2.18. The second kappa shape index (κ2) is 7.69. The molecule has 0 saturated heterocycles. The second-order valence-corrected chi connectivity index (χ2v) is 5.60. The van der Waals surface area contributed by atoms with E-state index in [0.717, 1.165) is 17.1 Å². The summed E-state index contributed by atoms with van der Waals surface area (Å²) in [6.07, 6.45) is 2.82. The number of aryl methyl sites for hydroxylation is 1. The third-order valence-corrected chi connectivity index (χ3v) is 3.31. The first kappa shape index (κ1) is 16.1. The molecule has 4 nitrogen and oxygen atoms in total. The molecule has 1 unspecified atom stereocenters. The van der Waals surface area contributed by atoms with Crippen molar-refractivity contribution in [3.8, 4) is 5.75 Å². The minimum atomic E-state index is -0.0304. The van der Waals surface area contributed by atoms with Crippen molar-refractivity contribution in [2.45, 2.75) is 45.8 Å². The molecule has 1 aromatic heterocycles. The summed E-state index contributed by atoms with van der Waals surface area (Å²) in [6.45, 7) is 5.97. The smallest absolute Gasteiger partial charge is 0.220 e. The molecule has 0 saturated carbocycles. The van der Waals surface area contributed by atoms with Gasteiger partial charge in [-0.2, -0.15) is 0 Å². The van der Waals surface area contributed by atoms with Crippen molar-refractivity contribution in [2.24, 2.45) is 0 Å². The fraction of sp³-hybridized carbons (Fsp3) is 0.389. The monoisotopic (exact) mass is 301 g/mol. The van der Waals surface area contributed by atoms with Gasteiger partial charge in [0.15, 0.2) is 0 Å². The molecular weight excluding hydrogens is 278 g/mol. The van der Waals surface area contributed by atoms with Gasteiger partial charge in [-0.15, -0.1) is 0 Å². The molecule has 1 aromatic carbocycles. The average Bonchev–Trinajstić information content (AvgIpc) is 2.98. The van der Waals surface area contributed by atoms with Gasteiger partial charge in [0.1, 0.15) is 11.5 Å². The summed E-state index contributed by atoms with van der Waals surface area (Å²) in [6, 6.07) is 11.5. The van der Waals surface area contributed by atoms with Gasteiger partial charge in [0.05, 0.1) is 18.4 Å². The molecule has 22 heavy (non-hydrogen) atoms. The van der Waals surface area contributed by atoms with E-state index < -0.39 is 0 Å². The molecule has 0 fully saturated rings. The van der Waals surface area contributed by atoms with Crippen molar-refractivity contribution < 1.29 is 13.9 Å². The fourth-order valence-electron chi connectivity index (χ4n) is 2.20. The lowest BCUT2D eigenvalue weighted by atomic mass is 10.1. The van der Waals surface area contributed by atoms with Crippen LogP contribution >= 0.6 is 0 Å². The van der Waals surface area contributed by atoms with Crippen molar-refractivity contribution in [2.75, 3.05) is 0 Å². The molecule has 1 heterocycles. The third kappa shape index (κ3) is 4.95. The van der Waals surface area contributed by atoms with E-state index in [1.54, 1.807) is 6.26 Å². The highest BCUT2D eigenvalue weighted by atomic mass is 16.5. The molecule has 0 radical (unpaired) electrons. The number of furan rings is 1. The second-order valence-electron chi connectivity index (χ2n) is 5.60. The van der Waals surface area contributed by atoms with Gasteiger partial charge in [-0.25, -0.2) is 0 Å². The maximum absolute atomic E-state index is 12.0. The Morgan fingerprint density at radius 1 is 1.18 bits per heavy atom. The zero-order valence-corrected chi connectivity index (χ0v) is 13.3. The molecule has 0 aliphatic heterocycles. The molecule has 2 aromatic rings. The molecule has 0 aliphatic carbocycles. The minimum absolute atomic E-state index is 0.0198. The molecule has 0 bridgehead atoms. The van der Waals surface area contributed by atoms with Crippen LogP contribution in [0.3, 0.4) is 0 Å². The van der Waals surface area contributed by atoms with Crippen molar-refractivity contribution >= 4 is 5.91 Å². The van der Waals surface area contributed by atoms with Crippen LogP contribution in [0.15, 0.2) is 47.1 Å². The van der Waals surface area contributed by atoms with E-state index in [0.29, 0.717) is 12.8 Å². The molecule has 0 spiro atoms. The minimum Gasteiger partial charge on any atom is -0.491 e. The van der Waals surface area contributed by atoms with E-state index in [1.807, 2.05) is 57.2 Å². The maximum atomic E-state index is 12.0. The summed E-state index contributed by atoms with van der Waals surface area (Å²) >= 11 is 0. The Labute approximate surface area is 131 Å². The molecule has 1 atom stereocenters. The molecular formula is C18H23NO3. The zero-order chi connectivity index (χ0) is 15.9. The Bertz CT molecular complexity index is 573. The van der Waals surface area contributed by atoms with E-state index in [1.165, 1.54) is 0 Å². The number of benzene rings is 1. The molecule has 118 valence electrons. The normalized spacial score (nSPS) is 12.2. The van der Waals surface area contributed by atoms with Crippen molar-refractivity contribution in [1.82, 2.24) is 5.32 Å². The lowest BCUT2D eigenvalue weighted by Crippen LogP contribution is -2.26. The molecule has 0 aliphatic rings. The van der Waals surface area contributed by atoms with Crippen molar-refractivity contribution in [3.05, 3.63) is 54.0 Å². The summed E-state index contributed by atoms with van der Waals surface area (Å²) in [4.78, 5) is 12.0. The largest absolute Gasteiger partial charge is 0.491 e. The Hall–Kier alpha value is -2.23. The first-order valence-electron chi connectivity index (χ1n) is 7.63. The van der Waals surface area contributed by atoms with Crippen LogP contribution in [0.2, 0.25) is 0 Å². The Kier molecular flexibility index (Phi) is 5.64. The highest BCUT2D eigenvalue weighted by Gasteiger charge is 2.10. The zero-order valence-electron chi connectivity index (χ0n) is 13.3. The van der Waals surface area contributed by atoms with Crippen LogP contribution in [0.25, 0.3) is 0 Å². The summed E-state index contributed by atoms with van der Waals surface area (Å²) in [5, 5.41) is 3.00. The van der Waals surface area contributed by atoms with Gasteiger partial charge in [0.2, 0.25) is 5.91 Å². The van der Waals surface area contributed by atoms with Crippen LogP contribution < -0.4 is 10.1 Å². The van der Waals surface area contributed by atoms with Gasteiger partial charge in [-0.3, -0.25) is 4.79 Å². The first-order chi connectivity index (χ1) is 10.5. The van der Waals surface area contributed by atoms with Gasteiger partial charge in [-0.1, -0.05) is 12.1 Å². The molecule has 4 heteroatoms. The van der Waals surface area contributed by atoms with E-state index in [2.05, 4.69) is 5.32 Å². The predicted octanol–water partition coefficient (Wildman–Crippen LogP) is 3.88. The number of hydrogen-bond donors (Lipinski definition) is 1. The number of amides is 1. The maximum Gasteiger partial charge on any atom is 0.220 e. The number of hydrogen-bond acceptors (Lipinski definition) is 3. The summed E-state index contributed by atoms with van der Waals surface area (Å²) in [5.41, 5.74) is 1.06. The van der Waals surface area contributed by atoms with Crippen LogP contribution in [0.4, 0.5) is 0 Å². The Morgan fingerprint density at radius 2 is 1.91 bits per heavy atom. The fourth-order valence-corrected chi connectivity index (χ4v) is 2.20. The standard InChI is InChI=1S/C18H23NO3/c1-13(2)22-17-8-6-15(7-9-17)14(3)19-18(20)11-10-16-5-4-12-21-16/h4-9,12-14H,10-11H2,1-3H3,(H,19,20). The van der Waals surface area contributed by atoms with Gasteiger partial charge in [-0.05, 0) is 50.6 Å². The lowest BCUT2D eigenvalue weighted by Gasteiger charge is -2.15. The van der Waals surface area contributed by atoms with E-state index in [-0.39, 0.29) is 18.1 Å². The average molecular weight is 301 g/mol. The third-order valence-electron chi connectivity index (χ3n) is 3.31. The highest BCUT2D eigenvalue weighted by molar-refractivity contribution is 5.76. The summed E-state index contributed by atoms with van der Waals surface area (Å²) in [5.74, 6) is 1.69. The summed E-state index contributed by atoms with van der Waals surface area (Å²) < 4.78 is 10.8. The van der Waals surface area contributed by atoms with Crippen LogP contribution in [0.1, 0.15) is 44.6 Å². The molecule has 2 rings (SSSR count). The number of nitrogens with one attached hydrogen (secondary N) is 1. The van der Waals surface area contributed by atoms with Crippen molar-refractivity contribution in [3.63, 3.8) is 0 Å². The number of carbonyl (C=O) groups excluding carboxylic acids is 1. The van der Waals surface area contributed by atoms with Crippen molar-refractivity contribution in [1.29, 1.82) is 0 Å². The molecule has 1 amide bonds. The topological polar surface area (TPSA) is 51.5 Å². The SMILES string of the molecule is CC(C)Oc1ccc(C(C)NC(=O)CCc2ccco2)cc1. The van der Waals surface area contributed by atoms with E-state index in [9.17, 15) is 4.79 Å². The van der Waals surface area contributed by atoms with Gasteiger partial charge in [0, 0.05) is 12.8 Å². The number of ether oxygens (including phenoxy) is 1. The molecule has 1 N–H and O–H groups in total. The first-order valence-corrected chi connectivity index (χ1v) is 7.63. The number of carbonyl (C=O) groups is 1. The van der Waals surface area contributed by atoms with E-state index in [4.69, 9.17) is 9.15 Å². The Morgan fingerprint density at radius 3 is 2.50 bits per heavy atom. The Balaban J connectivity index is 1.83. The van der Waals surface area contributed by atoms with Crippen LogP contribution in [-0.2, 0) is 11.2 Å². The van der Waals surface area contributed by atoms with Gasteiger partial charge < -0.3 is 14.5 Å². The number of rotatable bonds is 7.